The fraction of sp³-hybridized carbons (Fsp3) is 0.0500. The lowest BCUT2D eigenvalue weighted by Crippen LogP contribution is -2.34. The zero-order valence-electron chi connectivity index (χ0n) is 13.0. The van der Waals surface area contributed by atoms with Gasteiger partial charge in [0.15, 0.2) is 5.11 Å². The highest BCUT2D eigenvalue weighted by Gasteiger charge is 2.13. The van der Waals surface area contributed by atoms with Gasteiger partial charge in [0, 0.05) is 11.4 Å². The van der Waals surface area contributed by atoms with Crippen LogP contribution < -0.4 is 10.2 Å². The van der Waals surface area contributed by atoms with Crippen molar-refractivity contribution in [1.29, 1.82) is 0 Å². The third-order valence-electron chi connectivity index (χ3n) is 3.59. The summed E-state index contributed by atoms with van der Waals surface area (Å²) in [4.78, 5) is 2.02. The second-order valence-corrected chi connectivity index (χ2v) is 5.73. The van der Waals surface area contributed by atoms with Crippen molar-refractivity contribution in [3.63, 3.8) is 0 Å². The highest BCUT2D eigenvalue weighted by molar-refractivity contribution is 7.80. The van der Waals surface area contributed by atoms with Crippen LogP contribution in [0.2, 0.25) is 0 Å². The van der Waals surface area contributed by atoms with Gasteiger partial charge in [0.05, 0.1) is 6.54 Å². The molecule has 0 aliphatic carbocycles. The van der Waals surface area contributed by atoms with E-state index in [0.29, 0.717) is 11.7 Å². The summed E-state index contributed by atoms with van der Waals surface area (Å²) in [5, 5.41) is 3.75. The predicted octanol–water partition coefficient (Wildman–Crippen LogP) is 5.23. The minimum absolute atomic E-state index is 0.268. The standard InChI is InChI=1S/C20H17FN2S/c21-17-11-13-18(14-12-17)22-20(24)23(19-9-5-2-6-10-19)15-16-7-3-1-4-8-16/h1-14H,15H2,(H,22,24). The summed E-state index contributed by atoms with van der Waals surface area (Å²) in [5.74, 6) is -0.268. The van der Waals surface area contributed by atoms with E-state index in [0.717, 1.165) is 16.9 Å². The van der Waals surface area contributed by atoms with Gasteiger partial charge in [0.25, 0.3) is 0 Å². The van der Waals surface area contributed by atoms with Gasteiger partial charge in [-0.15, -0.1) is 0 Å². The molecule has 0 bridgehead atoms. The van der Waals surface area contributed by atoms with E-state index in [4.69, 9.17) is 12.2 Å². The van der Waals surface area contributed by atoms with Crippen molar-refractivity contribution in [3.05, 3.63) is 96.3 Å². The van der Waals surface area contributed by atoms with Gasteiger partial charge in [0.2, 0.25) is 0 Å². The van der Waals surface area contributed by atoms with E-state index >= 15 is 0 Å². The van der Waals surface area contributed by atoms with Crippen LogP contribution in [0, 0.1) is 5.82 Å². The molecule has 0 spiro atoms. The van der Waals surface area contributed by atoms with Crippen molar-refractivity contribution in [2.24, 2.45) is 0 Å². The van der Waals surface area contributed by atoms with Crippen LogP contribution in [-0.4, -0.2) is 5.11 Å². The average molecular weight is 336 g/mol. The largest absolute Gasteiger partial charge is 0.332 e. The van der Waals surface area contributed by atoms with Crippen molar-refractivity contribution >= 4 is 28.7 Å². The molecular formula is C20H17FN2S. The third-order valence-corrected chi connectivity index (χ3v) is 3.91. The van der Waals surface area contributed by atoms with E-state index in [1.165, 1.54) is 12.1 Å². The van der Waals surface area contributed by atoms with E-state index in [1.807, 2.05) is 53.4 Å². The smallest absolute Gasteiger partial charge is 0.178 e. The van der Waals surface area contributed by atoms with Crippen molar-refractivity contribution in [2.45, 2.75) is 6.54 Å². The van der Waals surface area contributed by atoms with Gasteiger partial charge < -0.3 is 10.2 Å². The minimum Gasteiger partial charge on any atom is -0.332 e. The quantitative estimate of drug-likeness (QED) is 0.657. The van der Waals surface area contributed by atoms with Crippen LogP contribution in [0.25, 0.3) is 0 Å². The fourth-order valence-electron chi connectivity index (χ4n) is 2.38. The highest BCUT2D eigenvalue weighted by atomic mass is 32.1. The first kappa shape index (κ1) is 16.1. The Bertz CT molecular complexity index is 789. The second-order valence-electron chi connectivity index (χ2n) is 5.34. The summed E-state index contributed by atoms with van der Waals surface area (Å²) < 4.78 is 13.1. The number of anilines is 2. The number of nitrogens with one attached hydrogen (secondary N) is 1. The van der Waals surface area contributed by atoms with E-state index in [1.54, 1.807) is 12.1 Å². The molecular weight excluding hydrogens is 319 g/mol. The molecule has 0 heterocycles. The highest BCUT2D eigenvalue weighted by Crippen LogP contribution is 2.19. The first-order valence-corrected chi connectivity index (χ1v) is 8.06. The third kappa shape index (κ3) is 4.18. The first-order chi connectivity index (χ1) is 11.7. The molecule has 0 unspecified atom stereocenters. The van der Waals surface area contributed by atoms with E-state index in [-0.39, 0.29) is 5.82 Å². The van der Waals surface area contributed by atoms with E-state index < -0.39 is 0 Å². The molecule has 0 atom stereocenters. The van der Waals surface area contributed by atoms with Crippen molar-refractivity contribution < 1.29 is 4.39 Å². The molecule has 0 aromatic heterocycles. The number of nitrogens with zero attached hydrogens (tertiary/aromatic N) is 1. The van der Waals surface area contributed by atoms with Gasteiger partial charge in [-0.2, -0.15) is 0 Å². The van der Waals surface area contributed by atoms with Gasteiger partial charge in [-0.05, 0) is 54.2 Å². The number of rotatable bonds is 4. The van der Waals surface area contributed by atoms with Crippen LogP contribution in [0.15, 0.2) is 84.9 Å². The SMILES string of the molecule is Fc1ccc(NC(=S)N(Cc2ccccc2)c2ccccc2)cc1. The monoisotopic (exact) mass is 336 g/mol. The van der Waals surface area contributed by atoms with Crippen LogP contribution in [0.5, 0.6) is 0 Å². The molecule has 0 saturated heterocycles. The maximum atomic E-state index is 13.1. The van der Waals surface area contributed by atoms with Crippen LogP contribution in [0.4, 0.5) is 15.8 Å². The molecule has 0 saturated carbocycles. The summed E-state index contributed by atoms with van der Waals surface area (Å²) in [5.41, 5.74) is 2.92. The summed E-state index contributed by atoms with van der Waals surface area (Å²) in [6.07, 6.45) is 0. The van der Waals surface area contributed by atoms with Gasteiger partial charge in [0.1, 0.15) is 5.82 Å². The molecule has 2 nitrogen and oxygen atoms in total. The van der Waals surface area contributed by atoms with Gasteiger partial charge in [-0.25, -0.2) is 4.39 Å². The lowest BCUT2D eigenvalue weighted by molar-refractivity contribution is 0.628. The van der Waals surface area contributed by atoms with E-state index in [9.17, 15) is 4.39 Å². The van der Waals surface area contributed by atoms with Crippen molar-refractivity contribution in [3.8, 4) is 0 Å². The molecule has 0 radical (unpaired) electrons. The zero-order chi connectivity index (χ0) is 16.8. The predicted molar refractivity (Wildman–Crippen MR) is 102 cm³/mol. The van der Waals surface area contributed by atoms with Crippen LogP contribution in [0.3, 0.4) is 0 Å². The van der Waals surface area contributed by atoms with Crippen LogP contribution in [0.1, 0.15) is 5.56 Å². The number of benzene rings is 3. The molecule has 120 valence electrons. The molecule has 0 aliphatic heterocycles. The number of halogens is 1. The molecule has 0 amide bonds. The number of para-hydroxylation sites is 1. The molecule has 0 fully saturated rings. The molecule has 3 aromatic carbocycles. The van der Waals surface area contributed by atoms with E-state index in [2.05, 4.69) is 17.4 Å². The summed E-state index contributed by atoms with van der Waals surface area (Å²) >= 11 is 5.59. The van der Waals surface area contributed by atoms with Crippen LogP contribution in [-0.2, 0) is 6.54 Å². The molecule has 0 aliphatic rings. The normalized spacial score (nSPS) is 10.2. The zero-order valence-corrected chi connectivity index (χ0v) is 13.8. The molecule has 3 rings (SSSR count). The second kappa shape index (κ2) is 7.70. The number of thiocarbonyl (C=S) groups is 1. The molecule has 24 heavy (non-hydrogen) atoms. The molecule has 1 N–H and O–H groups in total. The van der Waals surface area contributed by atoms with Crippen LogP contribution >= 0.6 is 12.2 Å². The van der Waals surface area contributed by atoms with Gasteiger partial charge in [-0.1, -0.05) is 48.5 Å². The molecule has 4 heteroatoms. The Morgan fingerprint density at radius 3 is 2.04 bits per heavy atom. The Balaban J connectivity index is 1.83. The number of hydrogen-bond donors (Lipinski definition) is 1. The maximum absolute atomic E-state index is 13.1. The Hall–Kier alpha value is -2.72. The number of hydrogen-bond acceptors (Lipinski definition) is 1. The summed E-state index contributed by atoms with van der Waals surface area (Å²) in [6.45, 7) is 0.651. The van der Waals surface area contributed by atoms with Crippen molar-refractivity contribution in [1.82, 2.24) is 0 Å². The maximum Gasteiger partial charge on any atom is 0.178 e. The van der Waals surface area contributed by atoms with Gasteiger partial charge >= 0.3 is 0 Å². The average Bonchev–Trinajstić information content (AvgIpc) is 2.63. The lowest BCUT2D eigenvalue weighted by atomic mass is 10.2. The Labute approximate surface area is 146 Å². The fourth-order valence-corrected chi connectivity index (χ4v) is 2.67. The summed E-state index contributed by atoms with van der Waals surface area (Å²) in [7, 11) is 0. The lowest BCUT2D eigenvalue weighted by Gasteiger charge is -2.26. The topological polar surface area (TPSA) is 15.3 Å². The Morgan fingerprint density at radius 2 is 1.42 bits per heavy atom. The Morgan fingerprint density at radius 1 is 0.833 bits per heavy atom. The Kier molecular flexibility index (Phi) is 5.18. The summed E-state index contributed by atoms with van der Waals surface area (Å²) in [6, 6.07) is 26.3. The van der Waals surface area contributed by atoms with Crippen molar-refractivity contribution in [2.75, 3.05) is 10.2 Å². The molecule has 3 aromatic rings. The minimum atomic E-state index is -0.268. The first-order valence-electron chi connectivity index (χ1n) is 7.65. The van der Waals surface area contributed by atoms with Gasteiger partial charge in [-0.3, -0.25) is 0 Å².